The van der Waals surface area contributed by atoms with Gasteiger partial charge in [-0.2, -0.15) is 0 Å². The average molecular weight is 366 g/mol. The molecule has 0 N–H and O–H groups in total. The highest BCUT2D eigenvalue weighted by atomic mass is 35.5. The number of rotatable bonds is 3. The number of quaternary nitrogens is 1. The van der Waals surface area contributed by atoms with E-state index in [1.807, 2.05) is 0 Å². The first kappa shape index (κ1) is 21.0. The van der Waals surface area contributed by atoms with Gasteiger partial charge in [0.05, 0.1) is 27.7 Å². The lowest BCUT2D eigenvalue weighted by molar-refractivity contribution is -0.878. The molecule has 0 saturated heterocycles. The Labute approximate surface area is 162 Å². The maximum atomic E-state index is 2.65. The summed E-state index contributed by atoms with van der Waals surface area (Å²) in [4.78, 5) is 0. The molecule has 0 heterocycles. The first-order valence-electron chi connectivity index (χ1n) is 10.3. The van der Waals surface area contributed by atoms with E-state index in [-0.39, 0.29) is 12.4 Å². The van der Waals surface area contributed by atoms with Crippen LogP contribution in [0.15, 0.2) is 23.3 Å². The first-order valence-corrected chi connectivity index (χ1v) is 10.3. The summed E-state index contributed by atoms with van der Waals surface area (Å²) in [6.45, 7) is 11.3. The zero-order chi connectivity index (χ0) is 17.8. The molecule has 0 amide bonds. The lowest BCUT2D eigenvalue weighted by Crippen LogP contribution is -3.00. The van der Waals surface area contributed by atoms with Crippen LogP contribution < -0.4 is 12.4 Å². The molecule has 3 rings (SSSR count). The average Bonchev–Trinajstić information content (AvgIpc) is 2.44. The second-order valence-electron chi connectivity index (χ2n) is 10.9. The zero-order valence-electron chi connectivity index (χ0n) is 17.7. The summed E-state index contributed by atoms with van der Waals surface area (Å²) in [6.07, 6.45) is 13.5. The van der Waals surface area contributed by atoms with Crippen molar-refractivity contribution in [2.45, 2.75) is 66.2 Å². The predicted molar refractivity (Wildman–Crippen MR) is 105 cm³/mol. The van der Waals surface area contributed by atoms with Gasteiger partial charge < -0.3 is 16.9 Å². The maximum absolute atomic E-state index is 2.65. The molecule has 0 spiro atoms. The van der Waals surface area contributed by atoms with E-state index in [0.29, 0.717) is 16.7 Å². The van der Waals surface area contributed by atoms with Crippen LogP contribution in [0, 0.1) is 28.6 Å². The van der Waals surface area contributed by atoms with Gasteiger partial charge in [0.15, 0.2) is 0 Å². The predicted octanol–water partition coefficient (Wildman–Crippen LogP) is 2.83. The molecule has 3 aliphatic carbocycles. The van der Waals surface area contributed by atoms with Gasteiger partial charge in [-0.3, -0.25) is 0 Å². The third-order valence-corrected chi connectivity index (χ3v) is 7.54. The summed E-state index contributed by atoms with van der Waals surface area (Å²) in [5.41, 5.74) is 4.39. The molecule has 2 heteroatoms. The highest BCUT2D eigenvalue weighted by molar-refractivity contribution is 5.35. The summed E-state index contributed by atoms with van der Waals surface area (Å²) in [6, 6.07) is 0. The van der Waals surface area contributed by atoms with Gasteiger partial charge in [0.2, 0.25) is 0 Å². The second kappa shape index (κ2) is 7.04. The van der Waals surface area contributed by atoms with Gasteiger partial charge in [0.1, 0.15) is 0 Å². The molecule has 1 unspecified atom stereocenters. The Hall–Kier alpha value is -0.270. The third-order valence-electron chi connectivity index (χ3n) is 7.54. The Morgan fingerprint density at radius 3 is 2.44 bits per heavy atom. The van der Waals surface area contributed by atoms with Gasteiger partial charge in [-0.15, -0.1) is 0 Å². The molecule has 25 heavy (non-hydrogen) atoms. The van der Waals surface area contributed by atoms with E-state index < -0.39 is 0 Å². The Bertz CT molecular complexity index is 553. The topological polar surface area (TPSA) is 0 Å². The van der Waals surface area contributed by atoms with Crippen molar-refractivity contribution in [1.82, 2.24) is 0 Å². The summed E-state index contributed by atoms with van der Waals surface area (Å²) in [5.74, 6) is 2.39. The fraction of sp³-hybridized carbons (Fsp3) is 0.826. The van der Waals surface area contributed by atoms with Crippen LogP contribution in [0.5, 0.6) is 0 Å². The van der Waals surface area contributed by atoms with Crippen LogP contribution in [0.4, 0.5) is 0 Å². The number of fused-ring (bicyclic) bond motifs is 3. The van der Waals surface area contributed by atoms with Gasteiger partial charge in [-0.1, -0.05) is 51.8 Å². The molecule has 1 nitrogen and oxygen atoms in total. The summed E-state index contributed by atoms with van der Waals surface area (Å²) in [7, 11) is 7.12. The monoisotopic (exact) mass is 365 g/mol. The van der Waals surface area contributed by atoms with Crippen LogP contribution in [-0.2, 0) is 0 Å². The highest BCUT2D eigenvalue weighted by Crippen LogP contribution is 2.62. The van der Waals surface area contributed by atoms with Crippen molar-refractivity contribution in [3.8, 4) is 0 Å². The van der Waals surface area contributed by atoms with Crippen LogP contribution in [-0.4, -0.2) is 32.2 Å². The van der Waals surface area contributed by atoms with Gasteiger partial charge >= 0.3 is 0 Å². The Kier molecular flexibility index (Phi) is 5.92. The SMILES string of the molecule is CC(C)C1=CC2=CCC3[C@@](C)(C[N+](C)(C)C)CCC[C@]3(C)[C@@H]2CC1.[Cl-]. The minimum Gasteiger partial charge on any atom is -1.00 e. The maximum Gasteiger partial charge on any atom is 0.0837 e. The zero-order valence-corrected chi connectivity index (χ0v) is 18.4. The smallest absolute Gasteiger partial charge is 0.0837 e. The van der Waals surface area contributed by atoms with E-state index in [0.717, 1.165) is 16.3 Å². The summed E-state index contributed by atoms with van der Waals surface area (Å²) in [5, 5.41) is 0. The normalized spacial score (nSPS) is 38.2. The highest BCUT2D eigenvalue weighted by Gasteiger charge is 2.55. The van der Waals surface area contributed by atoms with Gasteiger partial charge in [0, 0.05) is 5.41 Å². The van der Waals surface area contributed by atoms with Gasteiger partial charge in [-0.05, 0) is 60.8 Å². The molecule has 0 bridgehead atoms. The van der Waals surface area contributed by atoms with E-state index in [1.165, 1.54) is 45.1 Å². The van der Waals surface area contributed by atoms with E-state index in [1.54, 1.807) is 11.1 Å². The standard InChI is InChI=1S/C23H40N.ClH/c1-17(2)18-9-11-20-19(15-18)10-12-21-22(3,16-24(5,6)7)13-8-14-23(20,21)4;/h10,15,17,20-21H,8-9,11-14,16H2,1-7H3;1H/q+1;/p-1/t20-,21?,22-,23-;/m1./s1. The number of hydrogen-bond donors (Lipinski definition) is 0. The lowest BCUT2D eigenvalue weighted by atomic mass is 9.46. The Balaban J connectivity index is 0.00000225. The minimum absolute atomic E-state index is 0. The number of hydrogen-bond acceptors (Lipinski definition) is 0. The number of halogens is 1. The molecular formula is C23H40ClN. The van der Waals surface area contributed by atoms with Crippen molar-refractivity contribution < 1.29 is 16.9 Å². The van der Waals surface area contributed by atoms with Crippen molar-refractivity contribution in [3.05, 3.63) is 23.3 Å². The van der Waals surface area contributed by atoms with Crippen molar-refractivity contribution >= 4 is 0 Å². The van der Waals surface area contributed by atoms with Crippen LogP contribution in [0.25, 0.3) is 0 Å². The van der Waals surface area contributed by atoms with Crippen LogP contribution in [0.1, 0.15) is 66.2 Å². The summed E-state index contributed by atoms with van der Waals surface area (Å²) < 4.78 is 1.10. The van der Waals surface area contributed by atoms with Crippen LogP contribution in [0.3, 0.4) is 0 Å². The molecule has 0 aromatic carbocycles. The van der Waals surface area contributed by atoms with E-state index in [4.69, 9.17) is 0 Å². The van der Waals surface area contributed by atoms with Gasteiger partial charge in [-0.25, -0.2) is 0 Å². The molecule has 0 radical (unpaired) electrons. The largest absolute Gasteiger partial charge is 1.00 e. The molecule has 4 atom stereocenters. The van der Waals surface area contributed by atoms with E-state index >= 15 is 0 Å². The molecular weight excluding hydrogens is 326 g/mol. The van der Waals surface area contributed by atoms with Crippen molar-refractivity contribution in [1.29, 1.82) is 0 Å². The van der Waals surface area contributed by atoms with Crippen molar-refractivity contribution in [2.24, 2.45) is 28.6 Å². The second-order valence-corrected chi connectivity index (χ2v) is 10.9. The first-order chi connectivity index (χ1) is 11.1. The van der Waals surface area contributed by atoms with Crippen LogP contribution in [0.2, 0.25) is 0 Å². The van der Waals surface area contributed by atoms with Crippen LogP contribution >= 0.6 is 0 Å². The number of allylic oxidation sites excluding steroid dienone is 4. The van der Waals surface area contributed by atoms with E-state index in [9.17, 15) is 0 Å². The molecule has 3 aliphatic rings. The minimum atomic E-state index is 0. The third kappa shape index (κ3) is 3.88. The van der Waals surface area contributed by atoms with Crippen molar-refractivity contribution in [2.75, 3.05) is 27.7 Å². The molecule has 1 fully saturated rings. The quantitative estimate of drug-likeness (QED) is 0.674. The molecule has 0 aliphatic heterocycles. The van der Waals surface area contributed by atoms with Crippen molar-refractivity contribution in [3.63, 3.8) is 0 Å². The molecule has 0 aromatic heterocycles. The molecule has 0 aromatic rings. The molecule has 1 saturated carbocycles. The van der Waals surface area contributed by atoms with E-state index in [2.05, 4.69) is 61.0 Å². The van der Waals surface area contributed by atoms with Gasteiger partial charge in [0.25, 0.3) is 0 Å². The Morgan fingerprint density at radius 1 is 1.16 bits per heavy atom. The molecule has 144 valence electrons. The Morgan fingerprint density at radius 2 is 1.84 bits per heavy atom. The number of nitrogens with zero attached hydrogens (tertiary/aromatic N) is 1. The lowest BCUT2D eigenvalue weighted by Gasteiger charge is -2.59. The summed E-state index contributed by atoms with van der Waals surface area (Å²) >= 11 is 0. The fourth-order valence-corrected chi connectivity index (χ4v) is 6.75. The fourth-order valence-electron chi connectivity index (χ4n) is 6.75.